The fraction of sp³-hybridized carbons (Fsp3) is 0.400. The molecule has 1 aromatic rings. The molecule has 0 aliphatic carbocycles. The minimum Gasteiger partial charge on any atom is -0.365 e. The van der Waals surface area contributed by atoms with Crippen molar-refractivity contribution < 1.29 is 0 Å². The van der Waals surface area contributed by atoms with Crippen molar-refractivity contribution in [1.82, 2.24) is 14.7 Å². The van der Waals surface area contributed by atoms with Crippen LogP contribution in [-0.4, -0.2) is 21.5 Å². The third-order valence-corrected chi connectivity index (χ3v) is 2.00. The van der Waals surface area contributed by atoms with Gasteiger partial charge in [-0.2, -0.15) is 4.37 Å². The van der Waals surface area contributed by atoms with Crippen LogP contribution in [0.2, 0.25) is 0 Å². The van der Waals surface area contributed by atoms with Crippen molar-refractivity contribution in [1.29, 1.82) is 0 Å². The van der Waals surface area contributed by atoms with Crippen molar-refractivity contribution in [2.75, 3.05) is 12.4 Å². The molecule has 0 aliphatic rings. The van der Waals surface area contributed by atoms with Crippen LogP contribution < -0.4 is 10.6 Å². The molecule has 1 aromatic heterocycles. The van der Waals surface area contributed by atoms with Crippen LogP contribution >= 0.6 is 23.8 Å². The molecular formula is C5H8N4S2. The molecule has 6 heteroatoms. The van der Waals surface area contributed by atoms with E-state index in [2.05, 4.69) is 20.0 Å². The van der Waals surface area contributed by atoms with Crippen molar-refractivity contribution in [3.05, 3.63) is 5.82 Å². The van der Waals surface area contributed by atoms with E-state index < -0.39 is 0 Å². The minimum absolute atomic E-state index is 0.557. The molecule has 11 heavy (non-hydrogen) atoms. The number of hydrogen-bond donors (Lipinski definition) is 2. The fourth-order valence-electron chi connectivity index (χ4n) is 0.507. The van der Waals surface area contributed by atoms with Gasteiger partial charge in [0, 0.05) is 18.6 Å². The first kappa shape index (κ1) is 8.35. The van der Waals surface area contributed by atoms with E-state index in [-0.39, 0.29) is 0 Å². The highest BCUT2D eigenvalue weighted by Gasteiger charge is 1.99. The minimum atomic E-state index is 0.557. The van der Waals surface area contributed by atoms with Gasteiger partial charge in [-0.05, 0) is 19.1 Å². The summed E-state index contributed by atoms with van der Waals surface area (Å²) in [6, 6.07) is 0. The van der Waals surface area contributed by atoms with Gasteiger partial charge in [0.1, 0.15) is 5.82 Å². The average molecular weight is 188 g/mol. The molecule has 2 N–H and O–H groups in total. The smallest absolute Gasteiger partial charge is 0.208 e. The largest absolute Gasteiger partial charge is 0.365 e. The lowest BCUT2D eigenvalue weighted by molar-refractivity contribution is 1.15. The number of anilines is 1. The van der Waals surface area contributed by atoms with Crippen LogP contribution in [0.15, 0.2) is 0 Å². The number of nitrogens with one attached hydrogen (secondary N) is 2. The Morgan fingerprint density at radius 1 is 1.64 bits per heavy atom. The number of aryl methyl sites for hydroxylation is 1. The highest BCUT2D eigenvalue weighted by Crippen LogP contribution is 2.08. The third kappa shape index (κ3) is 2.39. The summed E-state index contributed by atoms with van der Waals surface area (Å²) >= 11 is 6.16. The van der Waals surface area contributed by atoms with Crippen LogP contribution in [0.25, 0.3) is 0 Å². The lowest BCUT2D eigenvalue weighted by atomic mass is 10.7. The number of thiocarbonyl (C=S) groups is 1. The first-order chi connectivity index (χ1) is 5.22. The van der Waals surface area contributed by atoms with Crippen molar-refractivity contribution in [2.24, 2.45) is 0 Å². The second-order valence-corrected chi connectivity index (χ2v) is 3.01. The van der Waals surface area contributed by atoms with Crippen molar-refractivity contribution in [2.45, 2.75) is 6.92 Å². The molecule has 1 heterocycles. The van der Waals surface area contributed by atoms with E-state index in [0.717, 1.165) is 11.0 Å². The summed E-state index contributed by atoms with van der Waals surface area (Å²) in [5.41, 5.74) is 0. The zero-order valence-corrected chi connectivity index (χ0v) is 7.84. The monoisotopic (exact) mass is 188 g/mol. The SMILES string of the molecule is CNC(=S)Nc1nc(C)ns1. The zero-order valence-electron chi connectivity index (χ0n) is 6.21. The Morgan fingerprint density at radius 2 is 2.36 bits per heavy atom. The van der Waals surface area contributed by atoms with Gasteiger partial charge in [0.15, 0.2) is 5.11 Å². The van der Waals surface area contributed by atoms with Crippen LogP contribution in [0.5, 0.6) is 0 Å². The highest BCUT2D eigenvalue weighted by atomic mass is 32.1. The Kier molecular flexibility index (Phi) is 2.72. The predicted octanol–water partition coefficient (Wildman–Crippen LogP) is 0.763. The Bertz CT molecular complexity index is 257. The molecular weight excluding hydrogens is 180 g/mol. The summed E-state index contributed by atoms with van der Waals surface area (Å²) in [7, 11) is 1.75. The van der Waals surface area contributed by atoms with E-state index in [1.807, 2.05) is 6.92 Å². The number of rotatable bonds is 1. The van der Waals surface area contributed by atoms with Gasteiger partial charge >= 0.3 is 0 Å². The second kappa shape index (κ2) is 3.59. The summed E-state index contributed by atoms with van der Waals surface area (Å²) < 4.78 is 3.98. The van der Waals surface area contributed by atoms with Gasteiger partial charge in [-0.3, -0.25) is 0 Å². The molecule has 4 nitrogen and oxygen atoms in total. The molecule has 0 radical (unpaired) electrons. The zero-order chi connectivity index (χ0) is 8.27. The van der Waals surface area contributed by atoms with Crippen LogP contribution in [0.1, 0.15) is 5.82 Å². The maximum atomic E-state index is 4.86. The normalized spacial score (nSPS) is 9.27. The number of aromatic nitrogens is 2. The molecule has 0 bridgehead atoms. The molecule has 0 atom stereocenters. The molecule has 1 rings (SSSR count). The quantitative estimate of drug-likeness (QED) is 0.637. The molecule has 0 aromatic carbocycles. The molecule has 0 amide bonds. The Balaban J connectivity index is 2.57. The molecule has 60 valence electrons. The highest BCUT2D eigenvalue weighted by molar-refractivity contribution is 7.80. The van der Waals surface area contributed by atoms with Gasteiger partial charge in [0.05, 0.1) is 0 Å². The van der Waals surface area contributed by atoms with E-state index in [4.69, 9.17) is 12.2 Å². The van der Waals surface area contributed by atoms with Gasteiger partial charge in [-0.25, -0.2) is 4.98 Å². The average Bonchev–Trinajstić information content (AvgIpc) is 2.35. The first-order valence-electron chi connectivity index (χ1n) is 3.01. The van der Waals surface area contributed by atoms with Gasteiger partial charge in [0.25, 0.3) is 0 Å². The lowest BCUT2D eigenvalue weighted by Gasteiger charge is -2.00. The predicted molar refractivity (Wildman–Crippen MR) is 49.9 cm³/mol. The van der Waals surface area contributed by atoms with Crippen molar-refractivity contribution in [3.63, 3.8) is 0 Å². The van der Waals surface area contributed by atoms with Gasteiger partial charge in [-0.15, -0.1) is 0 Å². The maximum Gasteiger partial charge on any atom is 0.208 e. The second-order valence-electron chi connectivity index (χ2n) is 1.85. The number of nitrogens with zero attached hydrogens (tertiary/aromatic N) is 2. The summed E-state index contributed by atoms with van der Waals surface area (Å²) in [6.07, 6.45) is 0. The molecule has 0 unspecified atom stereocenters. The van der Waals surface area contributed by atoms with E-state index in [1.165, 1.54) is 11.5 Å². The van der Waals surface area contributed by atoms with Crippen molar-refractivity contribution in [3.8, 4) is 0 Å². The topological polar surface area (TPSA) is 49.8 Å². The molecule has 0 spiro atoms. The van der Waals surface area contributed by atoms with E-state index >= 15 is 0 Å². The summed E-state index contributed by atoms with van der Waals surface area (Å²) in [5.74, 6) is 0.761. The summed E-state index contributed by atoms with van der Waals surface area (Å²) in [5, 5.41) is 6.94. The van der Waals surface area contributed by atoms with Crippen LogP contribution in [0.4, 0.5) is 5.13 Å². The van der Waals surface area contributed by atoms with Gasteiger partial charge in [0.2, 0.25) is 5.13 Å². The van der Waals surface area contributed by atoms with Crippen molar-refractivity contribution >= 4 is 34.0 Å². The van der Waals surface area contributed by atoms with Gasteiger partial charge < -0.3 is 10.6 Å². The third-order valence-electron chi connectivity index (χ3n) is 0.975. The van der Waals surface area contributed by atoms with E-state index in [1.54, 1.807) is 7.05 Å². The van der Waals surface area contributed by atoms with E-state index in [0.29, 0.717) is 5.11 Å². The van der Waals surface area contributed by atoms with E-state index in [9.17, 15) is 0 Å². The Hall–Kier alpha value is -0.750. The fourth-order valence-corrected chi connectivity index (χ4v) is 1.25. The standard InChI is InChI=1S/C5H8N4S2/c1-3-7-5(11-9-3)8-4(10)6-2/h1-2H3,(H2,6,7,8,9,10). The molecule has 0 saturated carbocycles. The van der Waals surface area contributed by atoms with Crippen LogP contribution in [-0.2, 0) is 0 Å². The number of hydrogen-bond acceptors (Lipinski definition) is 4. The summed E-state index contributed by atoms with van der Waals surface area (Å²) in [4.78, 5) is 4.07. The maximum absolute atomic E-state index is 4.86. The Labute approximate surface area is 74.2 Å². The van der Waals surface area contributed by atoms with Crippen LogP contribution in [0.3, 0.4) is 0 Å². The molecule has 0 saturated heterocycles. The lowest BCUT2D eigenvalue weighted by Crippen LogP contribution is -2.23. The molecule has 0 aliphatic heterocycles. The van der Waals surface area contributed by atoms with Crippen LogP contribution in [0, 0.1) is 6.92 Å². The molecule has 0 fully saturated rings. The first-order valence-corrected chi connectivity index (χ1v) is 4.19. The Morgan fingerprint density at radius 3 is 2.82 bits per heavy atom. The van der Waals surface area contributed by atoms with Gasteiger partial charge in [-0.1, -0.05) is 0 Å². The summed E-state index contributed by atoms with van der Waals surface area (Å²) in [6.45, 7) is 1.84.